The van der Waals surface area contributed by atoms with Crippen LogP contribution in [-0.2, 0) is 31.1 Å². The number of alkyl halides is 11. The van der Waals surface area contributed by atoms with E-state index in [-0.39, 0.29) is 6.07 Å². The van der Waals surface area contributed by atoms with E-state index in [9.17, 15) is 71.6 Å². The minimum atomic E-state index is -6.70. The van der Waals surface area contributed by atoms with Gasteiger partial charge in [-0.05, 0) is 12.1 Å². The lowest BCUT2D eigenvalue weighted by Gasteiger charge is -2.31. The first-order valence-corrected chi connectivity index (χ1v) is 10.4. The molecule has 0 N–H and O–H groups in total. The molecule has 0 aliphatic rings. The number of halogens is 11. The summed E-state index contributed by atoms with van der Waals surface area (Å²) >= 11 is 0. The third kappa shape index (κ3) is 6.19. The molecule has 0 heterocycles. The monoisotopic (exact) mass is 559 g/mol. The van der Waals surface area contributed by atoms with Crippen molar-refractivity contribution in [1.82, 2.24) is 0 Å². The summed E-state index contributed by atoms with van der Waals surface area (Å²) < 4.78 is 167. The van der Waals surface area contributed by atoms with Crippen LogP contribution in [0.15, 0.2) is 28.0 Å². The number of carbonyl (C=O) groups is 1. The zero-order valence-electron chi connectivity index (χ0n) is 15.6. The van der Waals surface area contributed by atoms with Crippen molar-refractivity contribution < 1.29 is 71.2 Å². The molecule has 0 radical (unpaired) electrons. The summed E-state index contributed by atoms with van der Waals surface area (Å²) in [6.45, 7) is -2.88. The lowest BCUT2D eigenvalue weighted by atomic mass is 10.1. The summed E-state index contributed by atoms with van der Waals surface area (Å²) in [6, 6.07) is 0.825. The first-order chi connectivity index (χ1) is 15.2. The van der Waals surface area contributed by atoms with Crippen molar-refractivity contribution >= 4 is 33.3 Å². The summed E-state index contributed by atoms with van der Waals surface area (Å²) in [5, 5.41) is 11.0. The Labute approximate surface area is 185 Å². The molecule has 7 nitrogen and oxygen atoms in total. The fourth-order valence-electron chi connectivity index (χ4n) is 1.95. The van der Waals surface area contributed by atoms with Crippen molar-refractivity contribution in [2.75, 3.05) is 12.4 Å². The molecule has 0 saturated heterocycles. The second-order valence-electron chi connectivity index (χ2n) is 5.95. The molecule has 0 bridgehead atoms. The summed E-state index contributed by atoms with van der Waals surface area (Å²) in [4.78, 5) is 18.9. The number of ether oxygens (including phenoxy) is 1. The average Bonchev–Trinajstić information content (AvgIpc) is 2.70. The number of hydrogen-bond donors (Lipinski definition) is 0. The van der Waals surface area contributed by atoms with E-state index in [1.807, 2.05) is 0 Å². The maximum absolute atomic E-state index is 13.3. The Bertz CT molecular complexity index is 999. The molecule has 0 fully saturated rings. The zero-order valence-corrected chi connectivity index (χ0v) is 17.2. The summed E-state index contributed by atoms with van der Waals surface area (Å²) in [7, 11) is -6.72. The lowest BCUT2D eigenvalue weighted by Crippen LogP contribution is -2.59. The first kappa shape index (κ1) is 29.7. The van der Waals surface area contributed by atoms with Gasteiger partial charge in [-0.1, -0.05) is 0 Å². The zero-order chi connectivity index (χ0) is 26.9. The molecule has 20 heteroatoms. The Morgan fingerprint density at radius 2 is 1.56 bits per heavy atom. The van der Waals surface area contributed by atoms with E-state index >= 15 is 0 Å². The maximum Gasteiger partial charge on any atom is 0.475 e. The van der Waals surface area contributed by atoms with E-state index in [4.69, 9.17) is 0 Å². The van der Waals surface area contributed by atoms with Gasteiger partial charge in [-0.3, -0.25) is 19.1 Å². The predicted octanol–water partition coefficient (Wildman–Crippen LogP) is 4.04. The van der Waals surface area contributed by atoms with E-state index < -0.39 is 90.0 Å². The molecule has 0 aliphatic heterocycles. The van der Waals surface area contributed by atoms with Crippen LogP contribution in [0, 0.1) is 10.1 Å². The topological polar surface area (TPSA) is 104 Å². The van der Waals surface area contributed by atoms with Crippen LogP contribution in [-0.4, -0.2) is 61.4 Å². The molecule has 1 aromatic carbocycles. The molecule has 2 unspecified atom stereocenters. The van der Waals surface area contributed by atoms with Crippen LogP contribution < -0.4 is 0 Å². The van der Waals surface area contributed by atoms with Crippen molar-refractivity contribution in [1.29, 1.82) is 0 Å². The molecule has 194 valence electrons. The fourth-order valence-corrected chi connectivity index (χ4v) is 3.67. The quantitative estimate of drug-likeness (QED) is 0.186. The van der Waals surface area contributed by atoms with E-state index in [0.29, 0.717) is 12.1 Å². The predicted molar refractivity (Wildman–Crippen MR) is 88.6 cm³/mol. The minimum Gasteiger partial charge on any atom is -0.458 e. The van der Waals surface area contributed by atoms with Crippen LogP contribution in [0.1, 0.15) is 0 Å². The Hall–Kier alpha value is -2.38. The molecule has 1 rings (SSSR count). The molecule has 34 heavy (non-hydrogen) atoms. The molecular weight excluding hydrogens is 551 g/mol. The van der Waals surface area contributed by atoms with Gasteiger partial charge in [-0.15, -0.1) is 0 Å². The molecule has 0 aromatic heterocycles. The molecule has 0 aliphatic carbocycles. The highest BCUT2D eigenvalue weighted by molar-refractivity contribution is 7.86. The highest BCUT2D eigenvalue weighted by Crippen LogP contribution is 2.48. The van der Waals surface area contributed by atoms with Gasteiger partial charge in [0.15, 0.2) is 17.4 Å². The Morgan fingerprint density at radius 1 is 1.03 bits per heavy atom. The number of nitro groups is 1. The fraction of sp³-hybridized carbons (Fsp3) is 0.500. The SMILES string of the molecule is O=C(CS(=O)c1ccc(S(=O)C(F)(F)F)cc1[N+](=O)[O-])OCC(F)(F)C(F)(F)C(F)(F)C(F)F. The van der Waals surface area contributed by atoms with Crippen LogP contribution in [0.4, 0.5) is 54.0 Å². The van der Waals surface area contributed by atoms with Crippen LogP contribution >= 0.6 is 0 Å². The van der Waals surface area contributed by atoms with Crippen LogP contribution in [0.3, 0.4) is 0 Å². The van der Waals surface area contributed by atoms with Crippen molar-refractivity contribution in [2.45, 2.75) is 39.5 Å². The Morgan fingerprint density at radius 3 is 2.00 bits per heavy atom. The van der Waals surface area contributed by atoms with Crippen molar-refractivity contribution in [3.8, 4) is 0 Å². The number of benzene rings is 1. The van der Waals surface area contributed by atoms with Gasteiger partial charge in [0.25, 0.3) is 5.69 Å². The number of esters is 1. The standard InChI is InChI=1S/C14H8F11NO6S2/c15-10(16)12(19,20)13(21,22)11(17,18)5-32-9(27)4-33(30)8-2-1-6(3-7(8)26(28)29)34(31)14(23,24)25/h1-3,10H,4-5H2. The lowest BCUT2D eigenvalue weighted by molar-refractivity contribution is -0.388. The number of nitrogens with zero attached hydrogens (tertiary/aromatic N) is 1. The van der Waals surface area contributed by atoms with Gasteiger partial charge in [-0.2, -0.15) is 39.5 Å². The van der Waals surface area contributed by atoms with Crippen molar-refractivity contribution in [3.05, 3.63) is 28.3 Å². The van der Waals surface area contributed by atoms with E-state index in [2.05, 4.69) is 4.74 Å². The molecule has 0 amide bonds. The van der Waals surface area contributed by atoms with Crippen molar-refractivity contribution in [3.63, 3.8) is 0 Å². The second kappa shape index (κ2) is 10.1. The van der Waals surface area contributed by atoms with Gasteiger partial charge in [0.1, 0.15) is 10.6 Å². The smallest absolute Gasteiger partial charge is 0.458 e. The van der Waals surface area contributed by atoms with Crippen molar-refractivity contribution in [2.24, 2.45) is 0 Å². The maximum atomic E-state index is 13.3. The average molecular weight is 559 g/mol. The van der Waals surface area contributed by atoms with Gasteiger partial charge < -0.3 is 4.74 Å². The van der Waals surface area contributed by atoms with Gasteiger partial charge in [-0.25, -0.2) is 13.0 Å². The normalized spacial score (nSPS) is 15.2. The second-order valence-corrected chi connectivity index (χ2v) is 8.85. The summed E-state index contributed by atoms with van der Waals surface area (Å²) in [5.74, 6) is -23.0. The molecule has 1 aromatic rings. The molecule has 0 saturated carbocycles. The number of hydrogen-bond acceptors (Lipinski definition) is 6. The number of rotatable bonds is 10. The molecule has 0 spiro atoms. The molecular formula is C14H8F11NO6S2. The third-order valence-corrected chi connectivity index (χ3v) is 6.05. The van der Waals surface area contributed by atoms with Gasteiger partial charge in [0.05, 0.1) is 20.6 Å². The highest BCUT2D eigenvalue weighted by atomic mass is 32.2. The third-order valence-electron chi connectivity index (χ3n) is 3.61. The van der Waals surface area contributed by atoms with Crippen LogP contribution in [0.2, 0.25) is 0 Å². The largest absolute Gasteiger partial charge is 0.475 e. The summed E-state index contributed by atoms with van der Waals surface area (Å²) in [5.41, 5.74) is -6.71. The van der Waals surface area contributed by atoms with Crippen LogP contribution in [0.5, 0.6) is 0 Å². The van der Waals surface area contributed by atoms with Gasteiger partial charge in [0, 0.05) is 6.07 Å². The van der Waals surface area contributed by atoms with Gasteiger partial charge in [0.2, 0.25) is 0 Å². The Kier molecular flexibility index (Phi) is 8.79. The molecule has 2 atom stereocenters. The van der Waals surface area contributed by atoms with E-state index in [1.54, 1.807) is 0 Å². The summed E-state index contributed by atoms with van der Waals surface area (Å²) in [6.07, 6.45) is -5.23. The first-order valence-electron chi connectivity index (χ1n) is 7.89. The minimum absolute atomic E-state index is 0.0866. The number of carbonyl (C=O) groups excluding carboxylic acids is 1. The van der Waals surface area contributed by atoms with Crippen LogP contribution in [0.25, 0.3) is 0 Å². The van der Waals surface area contributed by atoms with E-state index in [1.165, 1.54) is 0 Å². The highest BCUT2D eigenvalue weighted by Gasteiger charge is 2.75. The Balaban J connectivity index is 3.04. The van der Waals surface area contributed by atoms with Gasteiger partial charge >= 0.3 is 35.7 Å². The van der Waals surface area contributed by atoms with E-state index in [0.717, 1.165) is 0 Å². The number of nitro benzene ring substituents is 1.